The number of hydrogen-bond acceptors (Lipinski definition) is 6. The maximum atomic E-state index is 12.6. The lowest BCUT2D eigenvalue weighted by Crippen LogP contribution is -2.34. The van der Waals surface area contributed by atoms with Crippen LogP contribution in [0.25, 0.3) is 0 Å². The van der Waals surface area contributed by atoms with Gasteiger partial charge in [0.2, 0.25) is 0 Å². The van der Waals surface area contributed by atoms with Crippen molar-refractivity contribution < 1.29 is 14.3 Å². The summed E-state index contributed by atoms with van der Waals surface area (Å²) in [4.78, 5) is 23.7. The molecule has 3 rings (SSSR count). The number of benzene rings is 1. The predicted molar refractivity (Wildman–Crippen MR) is 113 cm³/mol. The number of ether oxygens (including phenoxy) is 2. The van der Waals surface area contributed by atoms with Crippen LogP contribution >= 0.6 is 0 Å². The molecule has 1 N–H and O–H groups in total. The monoisotopic (exact) mass is 398 g/mol. The van der Waals surface area contributed by atoms with E-state index in [1.54, 1.807) is 20.3 Å². The van der Waals surface area contributed by atoms with E-state index >= 15 is 0 Å². The molecule has 0 aliphatic carbocycles. The fourth-order valence-electron chi connectivity index (χ4n) is 3.52. The molecule has 29 heavy (non-hydrogen) atoms. The number of carbonyl (C=O) groups excluding carboxylic acids is 1. The molecular weight excluding hydrogens is 368 g/mol. The maximum absolute atomic E-state index is 12.6. The summed E-state index contributed by atoms with van der Waals surface area (Å²) in [6.45, 7) is 6.56. The van der Waals surface area contributed by atoms with Gasteiger partial charge in [0, 0.05) is 25.7 Å². The Bertz CT molecular complexity index is 848. The van der Waals surface area contributed by atoms with Gasteiger partial charge in [0.05, 0.1) is 14.2 Å². The van der Waals surface area contributed by atoms with Crippen molar-refractivity contribution >= 4 is 11.7 Å². The molecule has 1 amide bonds. The molecule has 0 unspecified atom stereocenters. The van der Waals surface area contributed by atoms with Gasteiger partial charge in [-0.2, -0.15) is 0 Å². The van der Waals surface area contributed by atoms with Crippen LogP contribution in [0.15, 0.2) is 24.3 Å². The summed E-state index contributed by atoms with van der Waals surface area (Å²) in [6.07, 6.45) is 2.98. The lowest BCUT2D eigenvalue weighted by atomic mass is 9.99. The number of aryl methyl sites for hydroxylation is 1. The molecule has 0 spiro atoms. The molecule has 0 radical (unpaired) electrons. The number of amides is 1. The Kier molecular flexibility index (Phi) is 6.90. The van der Waals surface area contributed by atoms with E-state index in [1.807, 2.05) is 25.1 Å². The Morgan fingerprint density at radius 2 is 1.86 bits per heavy atom. The third-order valence-corrected chi connectivity index (χ3v) is 5.31. The second-order valence-corrected chi connectivity index (χ2v) is 7.52. The lowest BCUT2D eigenvalue weighted by Gasteiger charge is -2.31. The van der Waals surface area contributed by atoms with E-state index in [9.17, 15) is 4.79 Å². The number of nitrogens with one attached hydrogen (secondary N) is 1. The van der Waals surface area contributed by atoms with Crippen LogP contribution in [0, 0.1) is 12.8 Å². The largest absolute Gasteiger partial charge is 0.493 e. The third-order valence-electron chi connectivity index (χ3n) is 5.31. The Morgan fingerprint density at radius 3 is 2.55 bits per heavy atom. The van der Waals surface area contributed by atoms with Crippen LogP contribution in [0.4, 0.5) is 5.82 Å². The van der Waals surface area contributed by atoms with E-state index in [2.05, 4.69) is 27.1 Å². The first-order valence-corrected chi connectivity index (χ1v) is 10.1. The lowest BCUT2D eigenvalue weighted by molar-refractivity contribution is 0.0948. The van der Waals surface area contributed by atoms with Gasteiger partial charge in [0.15, 0.2) is 11.5 Å². The summed E-state index contributed by atoms with van der Waals surface area (Å²) in [7, 11) is 3.22. The number of piperidine rings is 1. The smallest absolute Gasteiger partial charge is 0.270 e. The Balaban J connectivity index is 1.61. The summed E-state index contributed by atoms with van der Waals surface area (Å²) < 4.78 is 10.6. The van der Waals surface area contributed by atoms with Gasteiger partial charge in [-0.1, -0.05) is 13.0 Å². The molecule has 2 heterocycles. The second-order valence-electron chi connectivity index (χ2n) is 7.52. The van der Waals surface area contributed by atoms with Crippen molar-refractivity contribution in [3.63, 3.8) is 0 Å². The van der Waals surface area contributed by atoms with Gasteiger partial charge in [-0.3, -0.25) is 4.79 Å². The number of methoxy groups -OCH3 is 2. The van der Waals surface area contributed by atoms with Gasteiger partial charge in [-0.15, -0.1) is 0 Å². The van der Waals surface area contributed by atoms with Crippen molar-refractivity contribution in [3.05, 3.63) is 41.3 Å². The van der Waals surface area contributed by atoms with Crippen LogP contribution in [0.3, 0.4) is 0 Å². The summed E-state index contributed by atoms with van der Waals surface area (Å²) in [5, 5.41) is 2.96. The van der Waals surface area contributed by atoms with E-state index in [1.165, 1.54) is 0 Å². The molecule has 1 aliphatic heterocycles. The molecule has 0 bridgehead atoms. The molecule has 0 saturated carbocycles. The van der Waals surface area contributed by atoms with Crippen LogP contribution in [-0.2, 0) is 6.42 Å². The van der Waals surface area contributed by atoms with Gasteiger partial charge in [-0.05, 0) is 49.8 Å². The molecule has 1 aliphatic rings. The quantitative estimate of drug-likeness (QED) is 0.773. The number of anilines is 1. The van der Waals surface area contributed by atoms with Crippen LogP contribution in [0.2, 0.25) is 0 Å². The minimum Gasteiger partial charge on any atom is -0.493 e. The first kappa shape index (κ1) is 20.9. The van der Waals surface area contributed by atoms with Gasteiger partial charge in [0.1, 0.15) is 17.3 Å². The fourth-order valence-corrected chi connectivity index (χ4v) is 3.52. The average molecular weight is 399 g/mol. The zero-order chi connectivity index (χ0) is 20.8. The highest BCUT2D eigenvalue weighted by atomic mass is 16.5. The van der Waals surface area contributed by atoms with Gasteiger partial charge < -0.3 is 19.7 Å². The van der Waals surface area contributed by atoms with Crippen LogP contribution in [-0.4, -0.2) is 49.7 Å². The summed E-state index contributed by atoms with van der Waals surface area (Å²) >= 11 is 0. The number of hydrogen-bond donors (Lipinski definition) is 1. The number of carbonyl (C=O) groups is 1. The molecule has 156 valence electrons. The molecule has 1 fully saturated rings. The molecule has 1 aromatic heterocycles. The number of aromatic nitrogens is 2. The highest BCUT2D eigenvalue weighted by Crippen LogP contribution is 2.27. The first-order valence-electron chi connectivity index (χ1n) is 10.1. The molecule has 1 saturated heterocycles. The van der Waals surface area contributed by atoms with Crippen LogP contribution < -0.4 is 19.7 Å². The summed E-state index contributed by atoms with van der Waals surface area (Å²) in [6, 6.07) is 7.57. The summed E-state index contributed by atoms with van der Waals surface area (Å²) in [5.41, 5.74) is 1.48. The van der Waals surface area contributed by atoms with Gasteiger partial charge in [-0.25, -0.2) is 9.97 Å². The Hall–Kier alpha value is -2.83. The van der Waals surface area contributed by atoms with Crippen molar-refractivity contribution in [2.24, 2.45) is 5.92 Å². The average Bonchev–Trinajstić information content (AvgIpc) is 2.73. The Morgan fingerprint density at radius 1 is 1.14 bits per heavy atom. The van der Waals surface area contributed by atoms with Crippen molar-refractivity contribution in [1.29, 1.82) is 0 Å². The van der Waals surface area contributed by atoms with Crippen molar-refractivity contribution in [2.45, 2.75) is 33.1 Å². The zero-order valence-corrected chi connectivity index (χ0v) is 17.7. The van der Waals surface area contributed by atoms with E-state index in [0.717, 1.165) is 43.2 Å². The van der Waals surface area contributed by atoms with E-state index in [4.69, 9.17) is 9.47 Å². The van der Waals surface area contributed by atoms with E-state index in [0.29, 0.717) is 36.0 Å². The second kappa shape index (κ2) is 9.58. The van der Waals surface area contributed by atoms with Crippen molar-refractivity contribution in [3.8, 4) is 11.5 Å². The van der Waals surface area contributed by atoms with E-state index < -0.39 is 0 Å². The highest BCUT2D eigenvalue weighted by Gasteiger charge is 2.19. The fraction of sp³-hybridized carbons (Fsp3) is 0.500. The minimum atomic E-state index is -0.178. The maximum Gasteiger partial charge on any atom is 0.270 e. The molecule has 7 nitrogen and oxygen atoms in total. The zero-order valence-electron chi connectivity index (χ0n) is 17.7. The van der Waals surface area contributed by atoms with Crippen molar-refractivity contribution in [1.82, 2.24) is 15.3 Å². The van der Waals surface area contributed by atoms with E-state index in [-0.39, 0.29) is 5.91 Å². The third kappa shape index (κ3) is 5.37. The van der Waals surface area contributed by atoms with Gasteiger partial charge in [0.25, 0.3) is 5.91 Å². The minimum absolute atomic E-state index is 0.178. The summed E-state index contributed by atoms with van der Waals surface area (Å²) in [5.74, 6) is 3.40. The standard InChI is InChI=1S/C22H30N4O3/c1-15-8-11-26(12-9-15)21-14-18(24-16(2)25-21)22(27)23-10-7-17-5-6-19(28-3)20(13-17)29-4/h5-6,13-15H,7-12H2,1-4H3,(H,23,27). The molecule has 2 aromatic rings. The van der Waals surface area contributed by atoms with Crippen LogP contribution in [0.5, 0.6) is 11.5 Å². The Labute approximate surface area is 172 Å². The topological polar surface area (TPSA) is 76.6 Å². The predicted octanol–water partition coefficient (Wildman–Crippen LogP) is 3.01. The van der Waals surface area contributed by atoms with Crippen LogP contribution in [0.1, 0.15) is 41.6 Å². The molecule has 1 aromatic carbocycles. The molecule has 0 atom stereocenters. The number of nitrogens with zero attached hydrogens (tertiary/aromatic N) is 3. The SMILES string of the molecule is COc1ccc(CCNC(=O)c2cc(N3CCC(C)CC3)nc(C)n2)cc1OC. The normalized spacial score (nSPS) is 14.6. The van der Waals surface area contributed by atoms with Gasteiger partial charge >= 0.3 is 0 Å². The number of rotatable bonds is 7. The molecule has 7 heteroatoms. The van der Waals surface area contributed by atoms with Crippen molar-refractivity contribution in [2.75, 3.05) is 38.8 Å². The highest BCUT2D eigenvalue weighted by molar-refractivity contribution is 5.93. The first-order chi connectivity index (χ1) is 14.0. The molecular formula is C22H30N4O3.